The van der Waals surface area contributed by atoms with Crippen LogP contribution in [0.15, 0.2) is 47.4 Å². The summed E-state index contributed by atoms with van der Waals surface area (Å²) in [5.41, 5.74) is 2.07. The number of fused-ring (bicyclic) bond motifs is 1. The van der Waals surface area contributed by atoms with E-state index in [2.05, 4.69) is 0 Å². The van der Waals surface area contributed by atoms with Crippen LogP contribution in [0.25, 0.3) is 0 Å². The first-order valence-corrected chi connectivity index (χ1v) is 11.5. The molecule has 138 valence electrons. The van der Waals surface area contributed by atoms with E-state index in [0.29, 0.717) is 24.6 Å². The highest BCUT2D eigenvalue weighted by atomic mass is 35.5. The fraction of sp³-hybridized carbons (Fsp3) is 0.368. The molecule has 0 aliphatic carbocycles. The molecule has 2 heterocycles. The summed E-state index contributed by atoms with van der Waals surface area (Å²) in [6.07, 6.45) is 1.52. The molecule has 0 radical (unpaired) electrons. The van der Waals surface area contributed by atoms with E-state index in [1.807, 2.05) is 24.3 Å². The van der Waals surface area contributed by atoms with Crippen LogP contribution in [-0.2, 0) is 16.4 Å². The number of hydrogen-bond donors (Lipinski definition) is 0. The molecule has 2 aliphatic rings. The highest BCUT2D eigenvalue weighted by Gasteiger charge is 2.30. The van der Waals surface area contributed by atoms with Gasteiger partial charge in [-0.1, -0.05) is 29.8 Å². The number of thioether (sulfide) groups is 1. The number of halogens is 1. The lowest BCUT2D eigenvalue weighted by molar-refractivity contribution is 0.356. The van der Waals surface area contributed by atoms with Crippen molar-refractivity contribution in [3.63, 3.8) is 0 Å². The molecule has 0 amide bonds. The SMILES string of the molecule is O=S(=O)(c1ccc2c(c1)CCO2)N1CCS[C@@H](c2ccccc2Cl)CC1. The lowest BCUT2D eigenvalue weighted by Gasteiger charge is -2.20. The summed E-state index contributed by atoms with van der Waals surface area (Å²) in [5, 5.41) is 0.970. The fourth-order valence-electron chi connectivity index (χ4n) is 3.45. The lowest BCUT2D eigenvalue weighted by atomic mass is 10.1. The molecule has 0 saturated carbocycles. The predicted octanol–water partition coefficient (Wildman–Crippen LogP) is 4.14. The summed E-state index contributed by atoms with van der Waals surface area (Å²) in [6.45, 7) is 1.64. The van der Waals surface area contributed by atoms with E-state index < -0.39 is 10.0 Å². The number of benzene rings is 2. The van der Waals surface area contributed by atoms with E-state index in [1.165, 1.54) is 0 Å². The van der Waals surface area contributed by atoms with Gasteiger partial charge in [-0.2, -0.15) is 16.1 Å². The fourth-order valence-corrected chi connectivity index (χ4v) is 6.67. The molecule has 4 rings (SSSR count). The minimum atomic E-state index is -3.49. The highest BCUT2D eigenvalue weighted by molar-refractivity contribution is 7.99. The van der Waals surface area contributed by atoms with Crippen molar-refractivity contribution in [1.29, 1.82) is 0 Å². The maximum atomic E-state index is 13.1. The molecule has 2 aromatic rings. The zero-order valence-corrected chi connectivity index (χ0v) is 16.6. The average Bonchev–Trinajstić information content (AvgIpc) is 2.97. The van der Waals surface area contributed by atoms with Crippen LogP contribution >= 0.6 is 23.4 Å². The summed E-state index contributed by atoms with van der Waals surface area (Å²) in [6, 6.07) is 13.0. The van der Waals surface area contributed by atoms with Gasteiger partial charge in [0.1, 0.15) is 5.75 Å². The van der Waals surface area contributed by atoms with Crippen molar-refractivity contribution < 1.29 is 13.2 Å². The molecule has 1 fully saturated rings. The van der Waals surface area contributed by atoms with Gasteiger partial charge in [-0.15, -0.1) is 0 Å². The number of nitrogens with zero attached hydrogens (tertiary/aromatic N) is 1. The molecule has 4 nitrogen and oxygen atoms in total. The van der Waals surface area contributed by atoms with E-state index in [-0.39, 0.29) is 5.25 Å². The molecule has 0 bridgehead atoms. The molecule has 1 atom stereocenters. The first-order valence-electron chi connectivity index (χ1n) is 8.67. The van der Waals surface area contributed by atoms with Gasteiger partial charge in [-0.25, -0.2) is 8.42 Å². The second kappa shape index (κ2) is 7.43. The third-order valence-corrected chi connectivity index (χ3v) is 8.40. The van der Waals surface area contributed by atoms with Gasteiger partial charge in [0.25, 0.3) is 0 Å². The van der Waals surface area contributed by atoms with Crippen LogP contribution in [0.4, 0.5) is 0 Å². The van der Waals surface area contributed by atoms with Crippen molar-refractivity contribution in [2.75, 3.05) is 25.4 Å². The molecule has 26 heavy (non-hydrogen) atoms. The van der Waals surface area contributed by atoms with Crippen molar-refractivity contribution in [2.45, 2.75) is 23.0 Å². The van der Waals surface area contributed by atoms with E-state index in [1.54, 1.807) is 34.3 Å². The molecule has 7 heteroatoms. The first-order chi connectivity index (χ1) is 12.6. The number of hydrogen-bond acceptors (Lipinski definition) is 4. The summed E-state index contributed by atoms with van der Waals surface area (Å²) >= 11 is 8.11. The van der Waals surface area contributed by atoms with Crippen LogP contribution in [-0.4, -0.2) is 38.2 Å². The van der Waals surface area contributed by atoms with Crippen LogP contribution < -0.4 is 4.74 Å². The largest absolute Gasteiger partial charge is 0.493 e. The molecular formula is C19H20ClNO3S2. The van der Waals surface area contributed by atoms with Crippen molar-refractivity contribution in [2.24, 2.45) is 0 Å². The average molecular weight is 410 g/mol. The predicted molar refractivity (Wildman–Crippen MR) is 106 cm³/mol. The van der Waals surface area contributed by atoms with Crippen LogP contribution in [0.5, 0.6) is 5.75 Å². The Morgan fingerprint density at radius 2 is 2.00 bits per heavy atom. The van der Waals surface area contributed by atoms with Gasteiger partial charge in [0, 0.05) is 35.5 Å². The summed E-state index contributed by atoms with van der Waals surface area (Å²) in [7, 11) is -3.49. The van der Waals surface area contributed by atoms with Crippen LogP contribution in [0.1, 0.15) is 22.8 Å². The van der Waals surface area contributed by atoms with E-state index in [0.717, 1.165) is 40.5 Å². The summed E-state index contributed by atoms with van der Waals surface area (Å²) < 4.78 is 33.3. The van der Waals surface area contributed by atoms with Crippen LogP contribution in [0.2, 0.25) is 5.02 Å². The minimum Gasteiger partial charge on any atom is -0.493 e. The van der Waals surface area contributed by atoms with Gasteiger partial charge in [0.15, 0.2) is 0 Å². The van der Waals surface area contributed by atoms with Crippen LogP contribution in [0.3, 0.4) is 0 Å². The maximum Gasteiger partial charge on any atom is 0.243 e. The normalized spacial score (nSPS) is 21.0. The number of rotatable bonds is 3. The standard InChI is InChI=1S/C19H20ClNO3S2/c20-17-4-2-1-3-16(17)19-7-9-21(10-12-25-19)26(22,23)15-5-6-18-14(13-15)8-11-24-18/h1-6,13,19H,7-12H2/t19-/m1/s1. The quantitative estimate of drug-likeness (QED) is 0.764. The Balaban J connectivity index is 1.54. The highest BCUT2D eigenvalue weighted by Crippen LogP contribution is 2.39. The van der Waals surface area contributed by atoms with Crippen molar-refractivity contribution in [3.05, 3.63) is 58.6 Å². The molecule has 0 N–H and O–H groups in total. The van der Waals surface area contributed by atoms with Crippen molar-refractivity contribution in [1.82, 2.24) is 4.31 Å². The molecule has 2 aromatic carbocycles. The van der Waals surface area contributed by atoms with Gasteiger partial charge in [0.2, 0.25) is 10.0 Å². The second-order valence-electron chi connectivity index (χ2n) is 6.44. The molecular weight excluding hydrogens is 390 g/mol. The zero-order chi connectivity index (χ0) is 18.1. The Kier molecular flexibility index (Phi) is 5.19. The molecule has 0 aromatic heterocycles. The van der Waals surface area contributed by atoms with Crippen LogP contribution in [0, 0.1) is 0 Å². The van der Waals surface area contributed by atoms with Crippen molar-refractivity contribution >= 4 is 33.4 Å². The first kappa shape index (κ1) is 18.2. The van der Waals surface area contributed by atoms with Gasteiger partial charge in [-0.05, 0) is 41.8 Å². The van der Waals surface area contributed by atoms with Crippen molar-refractivity contribution in [3.8, 4) is 5.75 Å². The number of ether oxygens (including phenoxy) is 1. The summed E-state index contributed by atoms with van der Waals surface area (Å²) in [4.78, 5) is 0.364. The Morgan fingerprint density at radius 3 is 2.85 bits per heavy atom. The zero-order valence-electron chi connectivity index (χ0n) is 14.2. The third kappa shape index (κ3) is 3.48. The minimum absolute atomic E-state index is 0.220. The maximum absolute atomic E-state index is 13.1. The van der Waals surface area contributed by atoms with Gasteiger partial charge < -0.3 is 4.74 Å². The number of sulfonamides is 1. The third-order valence-electron chi connectivity index (χ3n) is 4.85. The smallest absolute Gasteiger partial charge is 0.243 e. The summed E-state index contributed by atoms with van der Waals surface area (Å²) in [5.74, 6) is 1.55. The Bertz CT molecular complexity index is 917. The Hall–Kier alpha value is -1.21. The topological polar surface area (TPSA) is 46.6 Å². The molecule has 1 saturated heterocycles. The van der Waals surface area contributed by atoms with E-state index in [4.69, 9.17) is 16.3 Å². The molecule has 0 spiro atoms. The Labute approximate surface area is 163 Å². The van der Waals surface area contributed by atoms with Gasteiger partial charge >= 0.3 is 0 Å². The molecule has 0 unspecified atom stereocenters. The monoisotopic (exact) mass is 409 g/mol. The van der Waals surface area contributed by atoms with E-state index >= 15 is 0 Å². The second-order valence-corrected chi connectivity index (χ2v) is 10.1. The van der Waals surface area contributed by atoms with E-state index in [9.17, 15) is 8.42 Å². The lowest BCUT2D eigenvalue weighted by Crippen LogP contribution is -2.33. The Morgan fingerprint density at radius 1 is 1.15 bits per heavy atom. The van der Waals surface area contributed by atoms with Gasteiger partial charge in [0.05, 0.1) is 11.5 Å². The molecule has 2 aliphatic heterocycles. The van der Waals surface area contributed by atoms with Gasteiger partial charge in [-0.3, -0.25) is 0 Å².